The van der Waals surface area contributed by atoms with Crippen LogP contribution in [0.15, 0.2) is 24.7 Å². The lowest BCUT2D eigenvalue weighted by Gasteiger charge is -2.08. The Kier molecular flexibility index (Phi) is 4.10. The largest absolute Gasteiger partial charge is 0.313 e. The summed E-state index contributed by atoms with van der Waals surface area (Å²) in [6.45, 7) is 8.18. The molecule has 0 atom stereocenters. The van der Waals surface area contributed by atoms with Gasteiger partial charge in [-0.05, 0) is 49.6 Å². The minimum Gasteiger partial charge on any atom is -0.313 e. The fraction of sp³-hybridized carbons (Fsp3) is 0.429. The maximum atomic E-state index is 4.50. The molecular weight excluding hydrogens is 224 g/mol. The molecule has 0 saturated carbocycles. The van der Waals surface area contributed by atoms with Gasteiger partial charge in [0.05, 0.1) is 6.20 Å². The standard InChI is InChI=1S/C14H20N4/c1-4-5-15-8-13-6-12(3)14(16-9-13)18-10-11(2)7-17-18/h6-7,9-10,15H,4-5,8H2,1-3H3. The predicted octanol–water partition coefficient (Wildman–Crippen LogP) is 2.38. The highest BCUT2D eigenvalue weighted by molar-refractivity contribution is 5.35. The summed E-state index contributed by atoms with van der Waals surface area (Å²) in [6.07, 6.45) is 6.90. The Morgan fingerprint density at radius 2 is 2.11 bits per heavy atom. The van der Waals surface area contributed by atoms with Gasteiger partial charge >= 0.3 is 0 Å². The Balaban J connectivity index is 2.15. The molecule has 0 spiro atoms. The van der Waals surface area contributed by atoms with Gasteiger partial charge in [-0.3, -0.25) is 0 Å². The Hall–Kier alpha value is -1.68. The van der Waals surface area contributed by atoms with Crippen LogP contribution in [0.2, 0.25) is 0 Å². The highest BCUT2D eigenvalue weighted by atomic mass is 15.3. The van der Waals surface area contributed by atoms with E-state index >= 15 is 0 Å². The third-order valence-electron chi connectivity index (χ3n) is 2.79. The van der Waals surface area contributed by atoms with Gasteiger partial charge in [-0.25, -0.2) is 9.67 Å². The lowest BCUT2D eigenvalue weighted by Crippen LogP contribution is -2.14. The van der Waals surface area contributed by atoms with E-state index in [0.717, 1.165) is 36.5 Å². The van der Waals surface area contributed by atoms with E-state index < -0.39 is 0 Å². The van der Waals surface area contributed by atoms with Crippen LogP contribution in [0.25, 0.3) is 5.82 Å². The highest BCUT2D eigenvalue weighted by Gasteiger charge is 2.05. The van der Waals surface area contributed by atoms with Crippen molar-refractivity contribution in [2.24, 2.45) is 0 Å². The third kappa shape index (κ3) is 2.96. The van der Waals surface area contributed by atoms with Crippen LogP contribution < -0.4 is 5.32 Å². The highest BCUT2D eigenvalue weighted by Crippen LogP contribution is 2.12. The number of rotatable bonds is 5. The second-order valence-electron chi connectivity index (χ2n) is 4.62. The lowest BCUT2D eigenvalue weighted by molar-refractivity contribution is 0.672. The number of nitrogens with zero attached hydrogens (tertiary/aromatic N) is 3. The van der Waals surface area contributed by atoms with Crippen LogP contribution in [0.3, 0.4) is 0 Å². The van der Waals surface area contributed by atoms with E-state index in [-0.39, 0.29) is 0 Å². The van der Waals surface area contributed by atoms with Crippen LogP contribution in [0.4, 0.5) is 0 Å². The van der Waals surface area contributed by atoms with Crippen LogP contribution in [0.1, 0.15) is 30.0 Å². The molecule has 0 bridgehead atoms. The molecule has 1 N–H and O–H groups in total. The van der Waals surface area contributed by atoms with E-state index in [0.29, 0.717) is 0 Å². The molecule has 96 valence electrons. The van der Waals surface area contributed by atoms with Crippen LogP contribution in [0, 0.1) is 13.8 Å². The second-order valence-corrected chi connectivity index (χ2v) is 4.62. The summed E-state index contributed by atoms with van der Waals surface area (Å²) >= 11 is 0. The first-order chi connectivity index (χ1) is 8.70. The first kappa shape index (κ1) is 12.8. The summed E-state index contributed by atoms with van der Waals surface area (Å²) in [5, 5.41) is 7.67. The number of hydrogen-bond acceptors (Lipinski definition) is 3. The van der Waals surface area contributed by atoms with Gasteiger partial charge in [0.2, 0.25) is 0 Å². The van der Waals surface area contributed by atoms with E-state index in [9.17, 15) is 0 Å². The summed E-state index contributed by atoms with van der Waals surface area (Å²) in [6, 6.07) is 2.17. The second kappa shape index (κ2) is 5.78. The number of aryl methyl sites for hydroxylation is 2. The van der Waals surface area contributed by atoms with Crippen LogP contribution in [0.5, 0.6) is 0 Å². The van der Waals surface area contributed by atoms with Crippen molar-refractivity contribution in [2.75, 3.05) is 6.54 Å². The van der Waals surface area contributed by atoms with Gasteiger partial charge in [0, 0.05) is 18.9 Å². The summed E-state index contributed by atoms with van der Waals surface area (Å²) in [7, 11) is 0. The monoisotopic (exact) mass is 244 g/mol. The molecule has 0 aliphatic carbocycles. The molecule has 2 aromatic rings. The molecule has 2 aromatic heterocycles. The van der Waals surface area contributed by atoms with Crippen LogP contribution in [-0.4, -0.2) is 21.3 Å². The average molecular weight is 244 g/mol. The fourth-order valence-corrected chi connectivity index (χ4v) is 1.90. The van der Waals surface area contributed by atoms with Crippen molar-refractivity contribution < 1.29 is 0 Å². The number of nitrogens with one attached hydrogen (secondary N) is 1. The number of pyridine rings is 1. The molecule has 2 heterocycles. The topological polar surface area (TPSA) is 42.7 Å². The zero-order valence-electron chi connectivity index (χ0n) is 11.3. The minimum atomic E-state index is 0.875. The normalized spacial score (nSPS) is 10.8. The molecule has 18 heavy (non-hydrogen) atoms. The summed E-state index contributed by atoms with van der Waals surface area (Å²) in [4.78, 5) is 4.50. The molecule has 4 heteroatoms. The zero-order valence-corrected chi connectivity index (χ0v) is 11.3. The molecule has 0 unspecified atom stereocenters. The molecule has 0 amide bonds. The first-order valence-electron chi connectivity index (χ1n) is 6.38. The van der Waals surface area contributed by atoms with Crippen molar-refractivity contribution in [3.63, 3.8) is 0 Å². The molecular formula is C14H20N4. The Labute approximate surface area is 108 Å². The van der Waals surface area contributed by atoms with Gasteiger partial charge in [-0.2, -0.15) is 5.10 Å². The van der Waals surface area contributed by atoms with Gasteiger partial charge in [-0.15, -0.1) is 0 Å². The Bertz CT molecular complexity index is 516. The van der Waals surface area contributed by atoms with Crippen LogP contribution >= 0.6 is 0 Å². The molecule has 2 rings (SSSR count). The van der Waals surface area contributed by atoms with Gasteiger partial charge in [0.15, 0.2) is 5.82 Å². The zero-order chi connectivity index (χ0) is 13.0. The van der Waals surface area contributed by atoms with Gasteiger partial charge in [0.25, 0.3) is 0 Å². The van der Waals surface area contributed by atoms with E-state index in [1.807, 2.05) is 30.2 Å². The van der Waals surface area contributed by atoms with Gasteiger partial charge < -0.3 is 5.32 Å². The Morgan fingerprint density at radius 3 is 2.72 bits per heavy atom. The van der Waals surface area contributed by atoms with Crippen LogP contribution in [-0.2, 0) is 6.54 Å². The van der Waals surface area contributed by atoms with Crippen molar-refractivity contribution in [1.29, 1.82) is 0 Å². The quantitative estimate of drug-likeness (QED) is 0.821. The molecule has 0 saturated heterocycles. The fourth-order valence-electron chi connectivity index (χ4n) is 1.90. The van der Waals surface area contributed by atoms with Crippen molar-refractivity contribution in [3.8, 4) is 5.82 Å². The smallest absolute Gasteiger partial charge is 0.156 e. The maximum Gasteiger partial charge on any atom is 0.156 e. The van der Waals surface area contributed by atoms with Crippen molar-refractivity contribution >= 4 is 0 Å². The van der Waals surface area contributed by atoms with Crippen molar-refractivity contribution in [3.05, 3.63) is 41.3 Å². The number of aromatic nitrogens is 3. The first-order valence-corrected chi connectivity index (χ1v) is 6.38. The van der Waals surface area contributed by atoms with E-state index in [1.54, 1.807) is 0 Å². The van der Waals surface area contributed by atoms with Gasteiger partial charge in [0.1, 0.15) is 0 Å². The molecule has 0 aliphatic heterocycles. The molecule has 0 aromatic carbocycles. The minimum absolute atomic E-state index is 0.875. The molecule has 0 aliphatic rings. The third-order valence-corrected chi connectivity index (χ3v) is 2.79. The summed E-state index contributed by atoms with van der Waals surface area (Å²) in [5.74, 6) is 0.905. The predicted molar refractivity (Wildman–Crippen MR) is 72.8 cm³/mol. The maximum absolute atomic E-state index is 4.50. The van der Waals surface area contributed by atoms with E-state index in [2.05, 4.69) is 35.3 Å². The van der Waals surface area contributed by atoms with Crippen molar-refractivity contribution in [1.82, 2.24) is 20.1 Å². The summed E-state index contributed by atoms with van der Waals surface area (Å²) < 4.78 is 1.83. The average Bonchev–Trinajstić information content (AvgIpc) is 2.76. The Morgan fingerprint density at radius 1 is 1.28 bits per heavy atom. The van der Waals surface area contributed by atoms with Gasteiger partial charge in [-0.1, -0.05) is 6.92 Å². The molecule has 0 radical (unpaired) electrons. The molecule has 0 fully saturated rings. The SMILES string of the molecule is CCCNCc1cnc(-n2cc(C)cn2)c(C)c1. The van der Waals surface area contributed by atoms with Crippen molar-refractivity contribution in [2.45, 2.75) is 33.7 Å². The lowest BCUT2D eigenvalue weighted by atomic mass is 10.2. The van der Waals surface area contributed by atoms with E-state index in [4.69, 9.17) is 0 Å². The molecule has 4 nitrogen and oxygen atoms in total. The van der Waals surface area contributed by atoms with E-state index in [1.165, 1.54) is 5.56 Å². The number of hydrogen-bond donors (Lipinski definition) is 1. The summed E-state index contributed by atoms with van der Waals surface area (Å²) in [5.41, 5.74) is 3.51.